The largest absolute Gasteiger partial charge is 0.353 e. The Morgan fingerprint density at radius 3 is 2.62 bits per heavy atom. The highest BCUT2D eigenvalue weighted by molar-refractivity contribution is 5.76. The van der Waals surface area contributed by atoms with Gasteiger partial charge in [0.05, 0.1) is 5.70 Å². The third kappa shape index (κ3) is 3.21. The molecular formula is C19H27N7. The summed E-state index contributed by atoms with van der Waals surface area (Å²) in [6, 6.07) is 8.39. The second-order valence-electron chi connectivity index (χ2n) is 7.36. The van der Waals surface area contributed by atoms with Gasteiger partial charge in [-0.2, -0.15) is 0 Å². The number of rotatable bonds is 4. The van der Waals surface area contributed by atoms with E-state index in [0.717, 1.165) is 48.5 Å². The summed E-state index contributed by atoms with van der Waals surface area (Å²) >= 11 is 0. The molecule has 1 atom stereocenters. The Bertz CT molecular complexity index is 786. The maximum Gasteiger partial charge on any atom is 0.174 e. The first-order valence-electron chi connectivity index (χ1n) is 9.22. The monoisotopic (exact) mass is 353 g/mol. The van der Waals surface area contributed by atoms with Crippen molar-refractivity contribution < 1.29 is 0 Å². The summed E-state index contributed by atoms with van der Waals surface area (Å²) in [5.41, 5.74) is 24.4. The smallest absolute Gasteiger partial charge is 0.174 e. The summed E-state index contributed by atoms with van der Waals surface area (Å²) in [5, 5.41) is 3.47. The zero-order valence-electron chi connectivity index (χ0n) is 14.9. The van der Waals surface area contributed by atoms with E-state index in [2.05, 4.69) is 21.8 Å². The third-order valence-electron chi connectivity index (χ3n) is 5.49. The quantitative estimate of drug-likeness (QED) is 0.568. The molecule has 1 unspecified atom stereocenters. The van der Waals surface area contributed by atoms with Gasteiger partial charge in [0.1, 0.15) is 5.66 Å². The van der Waals surface area contributed by atoms with Crippen molar-refractivity contribution in [3.8, 4) is 0 Å². The lowest BCUT2D eigenvalue weighted by Crippen LogP contribution is -2.58. The molecule has 1 aliphatic heterocycles. The molecule has 1 aliphatic carbocycles. The minimum Gasteiger partial charge on any atom is -0.353 e. The molecule has 7 nitrogen and oxygen atoms in total. The van der Waals surface area contributed by atoms with Crippen LogP contribution < -0.4 is 27.9 Å². The number of hydrogen-bond donors (Lipinski definition) is 5. The number of anilines is 1. The van der Waals surface area contributed by atoms with Gasteiger partial charge in [-0.1, -0.05) is 12.1 Å². The van der Waals surface area contributed by atoms with Crippen LogP contribution in [0.15, 0.2) is 42.7 Å². The topological polar surface area (TPSA) is 120 Å². The number of nitrogens with two attached hydrogens (primary N) is 3. The van der Waals surface area contributed by atoms with E-state index in [-0.39, 0.29) is 0 Å². The first-order valence-corrected chi connectivity index (χ1v) is 9.22. The van der Waals surface area contributed by atoms with Crippen LogP contribution in [-0.4, -0.2) is 21.4 Å². The predicted molar refractivity (Wildman–Crippen MR) is 104 cm³/mol. The van der Waals surface area contributed by atoms with Gasteiger partial charge in [-0.15, -0.1) is 0 Å². The van der Waals surface area contributed by atoms with Crippen LogP contribution in [0.25, 0.3) is 5.70 Å². The number of hydrogen-bond acceptors (Lipinski definition) is 6. The van der Waals surface area contributed by atoms with Gasteiger partial charge < -0.3 is 27.9 Å². The Hall–Kier alpha value is -2.35. The fraction of sp³-hybridized carbons (Fsp3) is 0.421. The zero-order valence-corrected chi connectivity index (χ0v) is 14.9. The summed E-state index contributed by atoms with van der Waals surface area (Å²) in [4.78, 5) is 4.46. The molecule has 2 aliphatic rings. The second-order valence-corrected chi connectivity index (χ2v) is 7.36. The van der Waals surface area contributed by atoms with E-state index in [1.807, 2.05) is 35.1 Å². The fourth-order valence-electron chi connectivity index (χ4n) is 3.91. The van der Waals surface area contributed by atoms with Crippen molar-refractivity contribution in [1.82, 2.24) is 9.66 Å². The van der Waals surface area contributed by atoms with Gasteiger partial charge in [-0.25, -0.2) is 9.66 Å². The molecule has 2 heterocycles. The first-order chi connectivity index (χ1) is 12.6. The van der Waals surface area contributed by atoms with E-state index in [4.69, 9.17) is 17.2 Å². The van der Waals surface area contributed by atoms with Crippen LogP contribution in [0.5, 0.6) is 0 Å². The minimum absolute atomic E-state index is 0.296. The Labute approximate surface area is 153 Å². The van der Waals surface area contributed by atoms with E-state index in [9.17, 15) is 0 Å². The summed E-state index contributed by atoms with van der Waals surface area (Å²) in [5.74, 6) is 1.15. The van der Waals surface area contributed by atoms with Crippen molar-refractivity contribution in [2.24, 2.45) is 23.1 Å². The van der Waals surface area contributed by atoms with Crippen molar-refractivity contribution in [2.45, 2.75) is 43.9 Å². The van der Waals surface area contributed by atoms with E-state index in [0.29, 0.717) is 18.5 Å². The van der Waals surface area contributed by atoms with Crippen LogP contribution in [0.4, 0.5) is 5.69 Å². The Morgan fingerprint density at radius 2 is 1.92 bits per heavy atom. The summed E-state index contributed by atoms with van der Waals surface area (Å²) < 4.78 is 1.91. The van der Waals surface area contributed by atoms with Crippen LogP contribution in [-0.2, 0) is 6.54 Å². The molecule has 26 heavy (non-hydrogen) atoms. The lowest BCUT2D eigenvalue weighted by Gasteiger charge is -2.42. The highest BCUT2D eigenvalue weighted by Crippen LogP contribution is 2.35. The van der Waals surface area contributed by atoms with Crippen molar-refractivity contribution in [1.29, 1.82) is 0 Å². The van der Waals surface area contributed by atoms with Crippen LogP contribution in [0.1, 0.15) is 37.1 Å². The molecule has 138 valence electrons. The maximum atomic E-state index is 6.81. The lowest BCUT2D eigenvalue weighted by atomic mass is 9.78. The van der Waals surface area contributed by atoms with E-state index in [1.54, 1.807) is 6.20 Å². The van der Waals surface area contributed by atoms with Gasteiger partial charge in [0.2, 0.25) is 0 Å². The molecule has 1 aromatic carbocycles. The Kier molecular flexibility index (Phi) is 4.44. The number of fused-ring (bicyclic) bond motifs is 1. The molecule has 4 rings (SSSR count). The summed E-state index contributed by atoms with van der Waals surface area (Å²) in [6.45, 7) is 0.535. The van der Waals surface area contributed by atoms with E-state index >= 15 is 0 Å². The first kappa shape index (κ1) is 17.1. The number of nitrogens with zero attached hydrogens (tertiary/aromatic N) is 2. The fourth-order valence-corrected chi connectivity index (χ4v) is 3.91. The van der Waals surface area contributed by atoms with Crippen molar-refractivity contribution in [3.63, 3.8) is 0 Å². The van der Waals surface area contributed by atoms with Crippen molar-refractivity contribution in [3.05, 3.63) is 54.1 Å². The van der Waals surface area contributed by atoms with Gasteiger partial charge in [0, 0.05) is 36.6 Å². The number of aromatic nitrogens is 2. The second kappa shape index (κ2) is 6.75. The minimum atomic E-state index is -0.632. The van der Waals surface area contributed by atoms with Gasteiger partial charge >= 0.3 is 0 Å². The van der Waals surface area contributed by atoms with Crippen LogP contribution >= 0.6 is 0 Å². The highest BCUT2D eigenvalue weighted by Gasteiger charge is 2.39. The van der Waals surface area contributed by atoms with Crippen LogP contribution in [0.3, 0.4) is 0 Å². The molecule has 0 amide bonds. The molecule has 8 N–H and O–H groups in total. The number of benzene rings is 1. The highest BCUT2D eigenvalue weighted by atomic mass is 15.5. The molecule has 0 saturated heterocycles. The Morgan fingerprint density at radius 1 is 1.19 bits per heavy atom. The third-order valence-corrected chi connectivity index (χ3v) is 5.49. The van der Waals surface area contributed by atoms with Gasteiger partial charge in [0.25, 0.3) is 0 Å². The standard InChI is InChI=1S/C19H27N7/c20-12-13-1-7-16(8-2-13)24-17-11-19(22,14-3-5-15(21)6-4-14)25-26-10-9-23-18(17)26/h1-2,7-11,14-15,24-25H,3-6,12,20-22H2. The molecule has 7 heteroatoms. The van der Waals surface area contributed by atoms with Gasteiger partial charge in [0.15, 0.2) is 5.82 Å². The molecule has 1 fully saturated rings. The molecule has 2 aromatic rings. The maximum absolute atomic E-state index is 6.81. The summed E-state index contributed by atoms with van der Waals surface area (Å²) in [7, 11) is 0. The van der Waals surface area contributed by atoms with Crippen LogP contribution in [0.2, 0.25) is 0 Å². The van der Waals surface area contributed by atoms with Crippen molar-refractivity contribution >= 4 is 11.4 Å². The molecule has 1 saturated carbocycles. The lowest BCUT2D eigenvalue weighted by molar-refractivity contribution is 0.239. The van der Waals surface area contributed by atoms with Gasteiger partial charge in [-0.05, 0) is 49.5 Å². The molecule has 0 radical (unpaired) electrons. The van der Waals surface area contributed by atoms with E-state index in [1.165, 1.54) is 0 Å². The number of nitrogens with one attached hydrogen (secondary N) is 2. The SMILES string of the molecule is NCc1ccc(NC2=CC(N)(C3CCC(N)CC3)Nn3ccnc32)cc1. The average molecular weight is 353 g/mol. The normalized spacial score (nSPS) is 28.0. The number of imidazole rings is 1. The molecule has 0 bridgehead atoms. The summed E-state index contributed by atoms with van der Waals surface area (Å²) in [6.07, 6.45) is 9.81. The average Bonchev–Trinajstić information content (AvgIpc) is 3.11. The van der Waals surface area contributed by atoms with Crippen molar-refractivity contribution in [2.75, 3.05) is 10.7 Å². The van der Waals surface area contributed by atoms with Crippen LogP contribution in [0, 0.1) is 5.92 Å². The molecule has 0 spiro atoms. The predicted octanol–water partition coefficient (Wildman–Crippen LogP) is 1.52. The zero-order chi connectivity index (χ0) is 18.1. The van der Waals surface area contributed by atoms with Gasteiger partial charge in [-0.3, -0.25) is 0 Å². The molecule has 1 aromatic heterocycles. The Balaban J connectivity index is 1.62. The molecular weight excluding hydrogens is 326 g/mol. The van der Waals surface area contributed by atoms with E-state index < -0.39 is 5.66 Å².